The predicted octanol–water partition coefficient (Wildman–Crippen LogP) is 2.97. The van der Waals surface area contributed by atoms with Crippen LogP contribution in [0.15, 0.2) is 24.3 Å². The smallest absolute Gasteiger partial charge is 0.315 e. The number of para-hydroxylation sites is 1. The van der Waals surface area contributed by atoms with Crippen molar-refractivity contribution in [2.75, 3.05) is 6.54 Å². The van der Waals surface area contributed by atoms with Crippen molar-refractivity contribution in [1.29, 1.82) is 0 Å². The molecule has 3 N–H and O–H groups in total. The number of benzene rings is 1. The summed E-state index contributed by atoms with van der Waals surface area (Å²) in [4.78, 5) is 12.0. The Morgan fingerprint density at radius 1 is 1.12 bits per heavy atom. The molecule has 132 valence electrons. The topological polar surface area (TPSA) is 70.6 Å². The van der Waals surface area contributed by atoms with Crippen molar-refractivity contribution in [3.63, 3.8) is 0 Å². The average molecular weight is 332 g/mol. The highest BCUT2D eigenvalue weighted by atomic mass is 16.5. The number of aliphatic hydroxyl groups excluding tert-OH is 1. The maximum atomic E-state index is 12.0. The minimum absolute atomic E-state index is 0.159. The Kier molecular flexibility index (Phi) is 5.96. The van der Waals surface area contributed by atoms with E-state index in [1.807, 2.05) is 24.3 Å². The van der Waals surface area contributed by atoms with Gasteiger partial charge < -0.3 is 20.5 Å². The second-order valence-electron chi connectivity index (χ2n) is 7.03. The average Bonchev–Trinajstić information content (AvgIpc) is 2.55. The molecule has 5 heteroatoms. The lowest BCUT2D eigenvalue weighted by Gasteiger charge is -2.27. The summed E-state index contributed by atoms with van der Waals surface area (Å²) >= 11 is 0. The molecular weight excluding hydrogens is 304 g/mol. The van der Waals surface area contributed by atoms with Crippen LogP contribution in [0.3, 0.4) is 0 Å². The SMILES string of the molecule is O=C(NCc1ccccc1OC1CCC1)NCC1CCCC(O)C1. The summed E-state index contributed by atoms with van der Waals surface area (Å²) in [6, 6.07) is 7.73. The normalized spacial score (nSPS) is 24.0. The number of carbonyl (C=O) groups is 1. The first-order valence-electron chi connectivity index (χ1n) is 9.15. The van der Waals surface area contributed by atoms with E-state index >= 15 is 0 Å². The van der Waals surface area contributed by atoms with Gasteiger partial charge in [-0.05, 0) is 50.5 Å². The number of nitrogens with one attached hydrogen (secondary N) is 2. The first kappa shape index (κ1) is 17.1. The minimum Gasteiger partial charge on any atom is -0.490 e. The van der Waals surface area contributed by atoms with Crippen molar-refractivity contribution in [3.8, 4) is 5.75 Å². The zero-order valence-corrected chi connectivity index (χ0v) is 14.2. The lowest BCUT2D eigenvalue weighted by atomic mass is 9.87. The molecule has 2 saturated carbocycles. The van der Waals surface area contributed by atoms with Crippen molar-refractivity contribution in [2.45, 2.75) is 63.7 Å². The molecule has 0 bridgehead atoms. The first-order valence-corrected chi connectivity index (χ1v) is 9.15. The van der Waals surface area contributed by atoms with Gasteiger partial charge >= 0.3 is 6.03 Å². The highest BCUT2D eigenvalue weighted by Gasteiger charge is 2.21. The molecule has 5 nitrogen and oxygen atoms in total. The summed E-state index contributed by atoms with van der Waals surface area (Å²) in [6.45, 7) is 1.09. The van der Waals surface area contributed by atoms with Gasteiger partial charge in [0, 0.05) is 18.7 Å². The molecule has 2 fully saturated rings. The number of urea groups is 1. The van der Waals surface area contributed by atoms with Gasteiger partial charge in [0.05, 0.1) is 12.2 Å². The van der Waals surface area contributed by atoms with E-state index < -0.39 is 0 Å². The third-order valence-corrected chi connectivity index (χ3v) is 5.06. The molecule has 2 aliphatic rings. The fourth-order valence-corrected chi connectivity index (χ4v) is 3.36. The number of hydrogen-bond acceptors (Lipinski definition) is 3. The number of hydrogen-bond donors (Lipinski definition) is 3. The predicted molar refractivity (Wildman–Crippen MR) is 92.9 cm³/mol. The van der Waals surface area contributed by atoms with E-state index in [4.69, 9.17) is 4.74 Å². The van der Waals surface area contributed by atoms with Crippen LogP contribution in [0.1, 0.15) is 50.5 Å². The van der Waals surface area contributed by atoms with Crippen LogP contribution in [0, 0.1) is 5.92 Å². The van der Waals surface area contributed by atoms with Crippen molar-refractivity contribution in [3.05, 3.63) is 29.8 Å². The number of ether oxygens (including phenoxy) is 1. The molecule has 2 unspecified atom stereocenters. The van der Waals surface area contributed by atoms with Crippen molar-refractivity contribution in [2.24, 2.45) is 5.92 Å². The zero-order chi connectivity index (χ0) is 16.8. The maximum Gasteiger partial charge on any atom is 0.315 e. The van der Waals surface area contributed by atoms with E-state index in [0.29, 0.717) is 25.1 Å². The van der Waals surface area contributed by atoms with Gasteiger partial charge in [0.15, 0.2) is 0 Å². The molecule has 0 aliphatic heterocycles. The summed E-state index contributed by atoms with van der Waals surface area (Å²) in [5.41, 5.74) is 1.01. The van der Waals surface area contributed by atoms with E-state index in [2.05, 4.69) is 10.6 Å². The molecule has 0 aromatic heterocycles. The fraction of sp³-hybridized carbons (Fsp3) is 0.632. The van der Waals surface area contributed by atoms with Crippen LogP contribution in [0.4, 0.5) is 4.79 Å². The Bertz CT molecular complexity index is 545. The number of carbonyl (C=O) groups excluding carboxylic acids is 1. The van der Waals surface area contributed by atoms with Gasteiger partial charge in [-0.2, -0.15) is 0 Å². The van der Waals surface area contributed by atoms with Crippen molar-refractivity contribution >= 4 is 6.03 Å². The lowest BCUT2D eigenvalue weighted by Crippen LogP contribution is -2.39. The van der Waals surface area contributed by atoms with Gasteiger partial charge in [-0.3, -0.25) is 0 Å². The van der Waals surface area contributed by atoms with Crippen molar-refractivity contribution in [1.82, 2.24) is 10.6 Å². The highest BCUT2D eigenvalue weighted by Crippen LogP contribution is 2.27. The zero-order valence-electron chi connectivity index (χ0n) is 14.2. The van der Waals surface area contributed by atoms with Gasteiger partial charge in [0.1, 0.15) is 5.75 Å². The van der Waals surface area contributed by atoms with Gasteiger partial charge in [-0.1, -0.05) is 24.6 Å². The molecule has 2 atom stereocenters. The van der Waals surface area contributed by atoms with Gasteiger partial charge in [0.2, 0.25) is 0 Å². The van der Waals surface area contributed by atoms with Crippen LogP contribution in [-0.4, -0.2) is 29.9 Å². The molecular formula is C19H28N2O3. The van der Waals surface area contributed by atoms with E-state index in [0.717, 1.165) is 49.8 Å². The second kappa shape index (κ2) is 8.38. The second-order valence-corrected chi connectivity index (χ2v) is 7.03. The van der Waals surface area contributed by atoms with E-state index in [1.54, 1.807) is 0 Å². The molecule has 0 saturated heterocycles. The molecule has 3 rings (SSSR count). The maximum absolute atomic E-state index is 12.0. The van der Waals surface area contributed by atoms with E-state index in [1.165, 1.54) is 6.42 Å². The number of rotatable bonds is 6. The van der Waals surface area contributed by atoms with Gasteiger partial charge in [-0.15, -0.1) is 0 Å². The number of amides is 2. The molecule has 2 aliphatic carbocycles. The molecule has 2 amide bonds. The Morgan fingerprint density at radius 2 is 1.92 bits per heavy atom. The lowest BCUT2D eigenvalue weighted by molar-refractivity contribution is 0.101. The molecule has 24 heavy (non-hydrogen) atoms. The Morgan fingerprint density at radius 3 is 2.67 bits per heavy atom. The van der Waals surface area contributed by atoms with Crippen LogP contribution in [-0.2, 0) is 6.54 Å². The molecule has 0 radical (unpaired) electrons. The van der Waals surface area contributed by atoms with Crippen LogP contribution in [0.25, 0.3) is 0 Å². The van der Waals surface area contributed by atoms with E-state index in [-0.39, 0.29) is 12.1 Å². The number of aliphatic hydroxyl groups is 1. The first-order chi connectivity index (χ1) is 11.7. The van der Waals surface area contributed by atoms with Gasteiger partial charge in [0.25, 0.3) is 0 Å². The monoisotopic (exact) mass is 332 g/mol. The molecule has 0 heterocycles. The quantitative estimate of drug-likeness (QED) is 0.750. The summed E-state index contributed by atoms with van der Waals surface area (Å²) in [5.74, 6) is 1.26. The van der Waals surface area contributed by atoms with E-state index in [9.17, 15) is 9.90 Å². The third-order valence-electron chi connectivity index (χ3n) is 5.06. The standard InChI is InChI=1S/C19H28N2O3/c22-16-7-3-5-14(11-16)12-20-19(23)21-13-15-6-1-2-10-18(15)24-17-8-4-9-17/h1-2,6,10,14,16-17,22H,3-5,7-9,11-13H2,(H2,20,21,23). The summed E-state index contributed by atoms with van der Waals surface area (Å²) in [7, 11) is 0. The Hall–Kier alpha value is -1.75. The minimum atomic E-state index is -0.204. The van der Waals surface area contributed by atoms with Gasteiger partial charge in [-0.25, -0.2) is 4.79 Å². The molecule has 0 spiro atoms. The molecule has 1 aromatic carbocycles. The summed E-state index contributed by atoms with van der Waals surface area (Å²) in [6.07, 6.45) is 7.41. The Balaban J connectivity index is 1.42. The van der Waals surface area contributed by atoms with Crippen LogP contribution >= 0.6 is 0 Å². The summed E-state index contributed by atoms with van der Waals surface area (Å²) < 4.78 is 5.98. The fourth-order valence-electron chi connectivity index (χ4n) is 3.36. The van der Waals surface area contributed by atoms with Crippen LogP contribution < -0.4 is 15.4 Å². The third kappa shape index (κ3) is 4.87. The van der Waals surface area contributed by atoms with Crippen LogP contribution in [0.2, 0.25) is 0 Å². The van der Waals surface area contributed by atoms with Crippen molar-refractivity contribution < 1.29 is 14.6 Å². The Labute approximate surface area is 143 Å². The highest BCUT2D eigenvalue weighted by molar-refractivity contribution is 5.73. The van der Waals surface area contributed by atoms with Crippen LogP contribution in [0.5, 0.6) is 5.75 Å². The largest absolute Gasteiger partial charge is 0.490 e. The summed E-state index contributed by atoms with van der Waals surface area (Å²) in [5, 5.41) is 15.5. The molecule has 1 aromatic rings.